The van der Waals surface area contributed by atoms with Crippen LogP contribution in [0.3, 0.4) is 0 Å². The summed E-state index contributed by atoms with van der Waals surface area (Å²) in [6.45, 7) is 13.2. The van der Waals surface area contributed by atoms with Gasteiger partial charge in [0.05, 0.1) is 16.9 Å². The Kier molecular flexibility index (Phi) is 12.6. The van der Waals surface area contributed by atoms with Crippen molar-refractivity contribution in [2.45, 2.75) is 102 Å². The summed E-state index contributed by atoms with van der Waals surface area (Å²) in [5.41, 5.74) is 10.4. The Bertz CT molecular complexity index is 3050. The van der Waals surface area contributed by atoms with Crippen LogP contribution in [0.5, 0.6) is 0 Å². The van der Waals surface area contributed by atoms with Crippen molar-refractivity contribution >= 4 is 60.5 Å². The number of allylic oxidation sites excluding steroid dienone is 7. The van der Waals surface area contributed by atoms with Gasteiger partial charge in [-0.15, -0.1) is 5.10 Å². The van der Waals surface area contributed by atoms with Crippen molar-refractivity contribution in [1.82, 2.24) is 20.2 Å². The lowest BCUT2D eigenvalue weighted by Gasteiger charge is -2.27. The number of para-hydroxylation sites is 1. The van der Waals surface area contributed by atoms with Crippen LogP contribution >= 0.6 is 11.8 Å². The van der Waals surface area contributed by atoms with Gasteiger partial charge in [-0.05, 0) is 143 Å². The van der Waals surface area contributed by atoms with Crippen LogP contribution < -0.4 is 4.90 Å². The Morgan fingerprint density at radius 2 is 1.48 bits per heavy atom. The number of hydrogen-bond acceptors (Lipinski definition) is 7. The van der Waals surface area contributed by atoms with Crippen molar-refractivity contribution in [3.05, 3.63) is 160 Å². The highest BCUT2D eigenvalue weighted by atomic mass is 32.2. The molecular weight excluding hydrogens is 845 g/mol. The smallest absolute Gasteiger partial charge is 0.264 e. The Morgan fingerprint density at radius 1 is 0.769 bits per heavy atom. The molecule has 9 rings (SSSR count). The maximum atomic E-state index is 11.7. The van der Waals surface area contributed by atoms with Crippen molar-refractivity contribution in [1.29, 1.82) is 0 Å². The summed E-state index contributed by atoms with van der Waals surface area (Å²) in [6, 6.07) is 36.4. The molecule has 1 N–H and O–H groups in total. The van der Waals surface area contributed by atoms with E-state index in [1.807, 2.05) is 35.0 Å². The molecule has 0 saturated heterocycles. The molecule has 334 valence electrons. The van der Waals surface area contributed by atoms with Gasteiger partial charge in [0.25, 0.3) is 10.1 Å². The highest BCUT2D eigenvalue weighted by Crippen LogP contribution is 2.52. The zero-order valence-electron chi connectivity index (χ0n) is 38.2. The third kappa shape index (κ3) is 8.78. The van der Waals surface area contributed by atoms with Gasteiger partial charge in [-0.2, -0.15) is 17.7 Å². The second-order valence-electron chi connectivity index (χ2n) is 18.6. The number of unbranched alkanes of at least 4 members (excludes halogenated alkanes) is 3. The third-order valence-corrected chi connectivity index (χ3v) is 15.5. The first-order chi connectivity index (χ1) is 31.4. The van der Waals surface area contributed by atoms with Crippen LogP contribution in [-0.4, -0.2) is 62.3 Å². The first-order valence-corrected chi connectivity index (χ1v) is 25.6. The Morgan fingerprint density at radius 3 is 2.22 bits per heavy atom. The second kappa shape index (κ2) is 18.3. The molecular formula is C54H59N6O3S2+. The topological polar surface area (TPSA) is 104 Å². The van der Waals surface area contributed by atoms with Crippen LogP contribution in [0.2, 0.25) is 0 Å². The van der Waals surface area contributed by atoms with Gasteiger partial charge in [-0.1, -0.05) is 112 Å². The number of aromatic nitrogens is 4. The van der Waals surface area contributed by atoms with E-state index in [9.17, 15) is 13.0 Å². The zero-order valence-corrected chi connectivity index (χ0v) is 39.8. The monoisotopic (exact) mass is 903 g/mol. The normalized spacial score (nSPS) is 18.3. The van der Waals surface area contributed by atoms with Gasteiger partial charge in [-0.3, -0.25) is 4.55 Å². The molecule has 0 radical (unpaired) electrons. The minimum Gasteiger partial charge on any atom is -0.344 e. The van der Waals surface area contributed by atoms with E-state index in [-0.39, 0.29) is 16.6 Å². The number of fused-ring (bicyclic) bond motifs is 6. The number of tetrazole rings is 1. The van der Waals surface area contributed by atoms with Crippen molar-refractivity contribution in [2.24, 2.45) is 0 Å². The number of rotatable bonds is 15. The van der Waals surface area contributed by atoms with E-state index >= 15 is 0 Å². The summed E-state index contributed by atoms with van der Waals surface area (Å²) in [5.74, 6) is -0.252. The van der Waals surface area contributed by atoms with Crippen molar-refractivity contribution in [3.63, 3.8) is 0 Å². The van der Waals surface area contributed by atoms with Crippen LogP contribution in [0.15, 0.2) is 154 Å². The average molecular weight is 904 g/mol. The number of benzene rings is 5. The molecule has 65 heavy (non-hydrogen) atoms. The highest BCUT2D eigenvalue weighted by molar-refractivity contribution is 8.03. The van der Waals surface area contributed by atoms with Gasteiger partial charge >= 0.3 is 0 Å². The maximum Gasteiger partial charge on any atom is 0.264 e. The third-order valence-electron chi connectivity index (χ3n) is 13.5. The highest BCUT2D eigenvalue weighted by Gasteiger charge is 2.45. The number of hydrogen-bond donors (Lipinski definition) is 1. The predicted molar refractivity (Wildman–Crippen MR) is 267 cm³/mol. The van der Waals surface area contributed by atoms with Crippen molar-refractivity contribution in [2.75, 3.05) is 23.7 Å². The summed E-state index contributed by atoms with van der Waals surface area (Å²) in [4.78, 5) is 3.53. The fourth-order valence-electron chi connectivity index (χ4n) is 10.4. The molecule has 6 aromatic rings. The minimum atomic E-state index is -4.05. The fraction of sp³-hybridized carbons (Fsp3) is 0.333. The Labute approximate surface area is 388 Å². The number of anilines is 1. The lowest BCUT2D eigenvalue weighted by atomic mass is 9.78. The molecule has 0 amide bonds. The molecule has 1 aromatic heterocycles. The van der Waals surface area contributed by atoms with Gasteiger partial charge in [0.2, 0.25) is 10.8 Å². The molecule has 9 nitrogen and oxygen atoms in total. The zero-order chi connectivity index (χ0) is 45.3. The minimum absolute atomic E-state index is 0.222. The van der Waals surface area contributed by atoms with E-state index in [0.717, 1.165) is 54.2 Å². The first kappa shape index (κ1) is 44.6. The van der Waals surface area contributed by atoms with Crippen molar-refractivity contribution in [3.8, 4) is 5.69 Å². The van der Waals surface area contributed by atoms with E-state index in [1.165, 1.54) is 68.1 Å². The average Bonchev–Trinajstić information content (AvgIpc) is 3.92. The fourth-order valence-corrected chi connectivity index (χ4v) is 12.1. The van der Waals surface area contributed by atoms with Crippen LogP contribution in [-0.2, 0) is 20.9 Å². The standard InChI is InChI=1S/C54H58N6O3S2/c1-6-7-15-35-58-45-31-27-38-19-11-13-25-43(38)49(45)53(2,3)47(58)33-29-40-21-18-22-41(51(40)64-52-55-56-57-60(52)42-23-9-8-10-24-42)30-34-48-54(4,5)50-44-26-14-12-20-39(44)28-32-46(50)59(48)36-16-17-37-65(61,62)63/h8-14,19-20,23-34H,6-7,15-18,21-22,35-37H2,1-5H3/p+1. The van der Waals surface area contributed by atoms with E-state index in [0.29, 0.717) is 24.5 Å². The van der Waals surface area contributed by atoms with Crippen LogP contribution in [0, 0.1) is 0 Å². The molecule has 1 aliphatic carbocycles. The Hall–Kier alpha value is -5.62. The number of thioether (sulfide) groups is 1. The van der Waals surface area contributed by atoms with Gasteiger partial charge < -0.3 is 4.90 Å². The quantitative estimate of drug-likeness (QED) is 0.0617. The van der Waals surface area contributed by atoms with Crippen LogP contribution in [0.1, 0.15) is 97.1 Å². The van der Waals surface area contributed by atoms with Gasteiger partial charge in [-0.25, -0.2) is 0 Å². The molecule has 2 aliphatic heterocycles. The van der Waals surface area contributed by atoms with Crippen molar-refractivity contribution < 1.29 is 17.5 Å². The molecule has 0 fully saturated rings. The van der Waals surface area contributed by atoms with Crippen LogP contribution in [0.4, 0.5) is 11.4 Å². The molecule has 0 spiro atoms. The van der Waals surface area contributed by atoms with E-state index in [1.54, 1.807) is 11.8 Å². The summed E-state index contributed by atoms with van der Waals surface area (Å²) in [7, 11) is -4.05. The molecule has 3 heterocycles. The van der Waals surface area contributed by atoms with Crippen LogP contribution in [0.25, 0.3) is 27.2 Å². The molecule has 0 bridgehead atoms. The largest absolute Gasteiger partial charge is 0.344 e. The lowest BCUT2D eigenvalue weighted by molar-refractivity contribution is -0.438. The molecule has 3 aliphatic rings. The second-order valence-corrected chi connectivity index (χ2v) is 21.1. The van der Waals surface area contributed by atoms with E-state index < -0.39 is 10.1 Å². The molecule has 5 aromatic carbocycles. The molecule has 11 heteroatoms. The maximum absolute atomic E-state index is 11.7. The summed E-state index contributed by atoms with van der Waals surface area (Å²) in [6.07, 6.45) is 16.6. The van der Waals surface area contributed by atoms with E-state index in [4.69, 9.17) is 0 Å². The molecule has 0 atom stereocenters. The Balaban J connectivity index is 1.17. The van der Waals surface area contributed by atoms with Gasteiger partial charge in [0.1, 0.15) is 6.54 Å². The summed E-state index contributed by atoms with van der Waals surface area (Å²) >= 11 is 1.63. The molecule has 0 unspecified atom stereocenters. The van der Waals surface area contributed by atoms with E-state index in [2.05, 4.69) is 157 Å². The van der Waals surface area contributed by atoms with Gasteiger partial charge in [0.15, 0.2) is 5.71 Å². The SMILES string of the molecule is CCCCC[N+]1=C(/C=C/C2=C(Sc3nnnn3-c3ccccc3)C(=C/C=C3/N(CCCCS(=O)(=O)O)c4ccc5ccccc5c4C3(C)C)/CCC2)C(C)(C)c2c1ccc1ccccc21. The predicted octanol–water partition coefficient (Wildman–Crippen LogP) is 12.6. The number of nitrogens with zero attached hydrogens (tertiary/aromatic N) is 6. The molecule has 0 saturated carbocycles. The summed E-state index contributed by atoms with van der Waals surface area (Å²) < 4.78 is 37.4. The lowest BCUT2D eigenvalue weighted by Crippen LogP contribution is -2.28. The van der Waals surface area contributed by atoms with Gasteiger partial charge in [0, 0.05) is 52.4 Å². The summed E-state index contributed by atoms with van der Waals surface area (Å²) in [5, 5.41) is 18.9. The first-order valence-electron chi connectivity index (χ1n) is 23.1.